The van der Waals surface area contributed by atoms with Crippen LogP contribution in [0.15, 0.2) is 39.9 Å². The minimum Gasteiger partial charge on any atom is -0.383 e. The summed E-state index contributed by atoms with van der Waals surface area (Å²) in [6.07, 6.45) is 5.31. The molecule has 1 atom stereocenters. The second kappa shape index (κ2) is 10.4. The number of aromatic nitrogens is 2. The maximum Gasteiger partial charge on any atom is 0.330 e. The average molecular weight is 429 g/mol. The molecule has 1 aliphatic carbocycles. The number of nitrogens with one attached hydrogen (secondary N) is 1. The van der Waals surface area contributed by atoms with Crippen LogP contribution in [-0.4, -0.2) is 28.0 Å². The van der Waals surface area contributed by atoms with Crippen molar-refractivity contribution in [2.24, 2.45) is 0 Å². The van der Waals surface area contributed by atoms with Gasteiger partial charge in [0.2, 0.25) is 0 Å². The number of H-pyrrole nitrogens is 1. The Labute approximate surface area is 182 Å². The normalized spacial score (nSPS) is 15.2. The third-order valence-electron chi connectivity index (χ3n) is 6.12. The second-order valence-corrected chi connectivity index (χ2v) is 8.34. The summed E-state index contributed by atoms with van der Waals surface area (Å²) in [5.41, 5.74) is 6.45. The highest BCUT2D eigenvalue weighted by Gasteiger charge is 2.33. The van der Waals surface area contributed by atoms with Gasteiger partial charge in [-0.2, -0.15) is 0 Å². The number of aromatic amines is 1. The van der Waals surface area contributed by atoms with Crippen LogP contribution in [0.5, 0.6) is 0 Å². The highest BCUT2D eigenvalue weighted by molar-refractivity contribution is 5.96. The summed E-state index contributed by atoms with van der Waals surface area (Å²) in [5.74, 6) is -0.0777. The van der Waals surface area contributed by atoms with E-state index in [9.17, 15) is 14.4 Å². The zero-order valence-electron chi connectivity index (χ0n) is 18.5. The summed E-state index contributed by atoms with van der Waals surface area (Å²) in [7, 11) is 0. The number of nitrogens with two attached hydrogens (primary N) is 2. The molecular formula is C23H34N5O3+. The molecule has 1 aliphatic rings. The van der Waals surface area contributed by atoms with Crippen molar-refractivity contribution in [2.75, 3.05) is 17.2 Å². The van der Waals surface area contributed by atoms with Crippen molar-refractivity contribution in [1.82, 2.24) is 9.55 Å². The molecule has 1 saturated carbocycles. The van der Waals surface area contributed by atoms with Gasteiger partial charge in [0.1, 0.15) is 11.9 Å². The van der Waals surface area contributed by atoms with Crippen LogP contribution in [0, 0.1) is 0 Å². The van der Waals surface area contributed by atoms with Gasteiger partial charge in [0.15, 0.2) is 12.2 Å². The molecule has 0 bridgehead atoms. The van der Waals surface area contributed by atoms with E-state index in [0.717, 1.165) is 44.1 Å². The number of carbonyl (C=O) groups is 1. The van der Waals surface area contributed by atoms with Gasteiger partial charge in [-0.1, -0.05) is 56.5 Å². The number of nitrogens with zero attached hydrogens (tertiary/aromatic N) is 2. The van der Waals surface area contributed by atoms with Gasteiger partial charge in [-0.05, 0) is 26.2 Å². The number of nitrogen functional groups attached to an aromatic ring is 1. The molecule has 5 N–H and O–H groups in total. The summed E-state index contributed by atoms with van der Waals surface area (Å²) >= 11 is 0. The fourth-order valence-corrected chi connectivity index (χ4v) is 4.29. The summed E-state index contributed by atoms with van der Waals surface area (Å²) in [5, 5.41) is 1.97. The Balaban J connectivity index is 1.90. The minimum atomic E-state index is -0.591. The Morgan fingerprint density at radius 3 is 2.58 bits per heavy atom. The van der Waals surface area contributed by atoms with E-state index in [1.807, 2.05) is 42.6 Å². The molecule has 3 rings (SSSR count). The van der Waals surface area contributed by atoms with Crippen molar-refractivity contribution < 1.29 is 10.1 Å². The number of hydrogen-bond donors (Lipinski definition) is 3. The Morgan fingerprint density at radius 2 is 1.94 bits per heavy atom. The molecule has 1 fully saturated rings. The smallest absolute Gasteiger partial charge is 0.330 e. The van der Waals surface area contributed by atoms with Crippen LogP contribution >= 0.6 is 0 Å². The molecule has 1 aromatic heterocycles. The van der Waals surface area contributed by atoms with Crippen molar-refractivity contribution in [3.05, 3.63) is 56.7 Å². The maximum absolute atomic E-state index is 13.4. The first-order valence-electron chi connectivity index (χ1n) is 11.3. The van der Waals surface area contributed by atoms with Crippen LogP contribution in [-0.2, 0) is 11.3 Å². The van der Waals surface area contributed by atoms with Crippen molar-refractivity contribution in [3.8, 4) is 0 Å². The van der Waals surface area contributed by atoms with Gasteiger partial charge in [0, 0.05) is 18.2 Å². The van der Waals surface area contributed by atoms with Crippen molar-refractivity contribution >= 4 is 17.4 Å². The number of amides is 1. The van der Waals surface area contributed by atoms with Crippen molar-refractivity contribution in [2.45, 2.75) is 71.0 Å². The number of anilines is 2. The van der Waals surface area contributed by atoms with E-state index in [4.69, 9.17) is 5.73 Å². The molecule has 31 heavy (non-hydrogen) atoms. The molecular weight excluding hydrogens is 394 g/mol. The molecule has 1 heterocycles. The van der Waals surface area contributed by atoms with E-state index < -0.39 is 11.2 Å². The van der Waals surface area contributed by atoms with E-state index in [2.05, 4.69) is 11.9 Å². The Hall–Kier alpha value is -2.87. The van der Waals surface area contributed by atoms with Crippen LogP contribution in [0.25, 0.3) is 0 Å². The lowest BCUT2D eigenvalue weighted by molar-refractivity contribution is -0.682. The van der Waals surface area contributed by atoms with E-state index in [-0.39, 0.29) is 36.0 Å². The van der Waals surface area contributed by atoms with Gasteiger partial charge in [-0.25, -0.2) is 4.79 Å². The lowest BCUT2D eigenvalue weighted by atomic mass is 10.1. The quantitative estimate of drug-likeness (QED) is 0.561. The predicted octanol–water partition coefficient (Wildman–Crippen LogP) is 1.52. The first-order valence-corrected chi connectivity index (χ1v) is 11.3. The Morgan fingerprint density at radius 1 is 1.26 bits per heavy atom. The van der Waals surface area contributed by atoms with Crippen LogP contribution in [0.1, 0.15) is 64.0 Å². The zero-order chi connectivity index (χ0) is 22.4. The van der Waals surface area contributed by atoms with Crippen LogP contribution in [0.2, 0.25) is 0 Å². The van der Waals surface area contributed by atoms with Gasteiger partial charge < -0.3 is 11.1 Å². The van der Waals surface area contributed by atoms with Gasteiger partial charge >= 0.3 is 5.69 Å². The van der Waals surface area contributed by atoms with Crippen LogP contribution in [0.3, 0.4) is 0 Å². The molecule has 8 heteroatoms. The number of carbonyl (C=O) groups excluding carboxylic acids is 1. The molecule has 0 unspecified atom stereocenters. The van der Waals surface area contributed by atoms with Crippen molar-refractivity contribution in [1.29, 1.82) is 0 Å². The molecule has 2 aromatic rings. The van der Waals surface area contributed by atoms with E-state index in [1.165, 1.54) is 4.57 Å². The maximum atomic E-state index is 13.4. The monoisotopic (exact) mass is 428 g/mol. The second-order valence-electron chi connectivity index (χ2n) is 8.34. The van der Waals surface area contributed by atoms with Crippen molar-refractivity contribution in [3.63, 3.8) is 0 Å². The molecule has 1 aromatic carbocycles. The SMILES string of the molecule is CCCCn1c(N)c(N(C(=O)C[NH2+][C@@H](C)c2ccccc2)C2CCCC2)c(=O)[nH]c1=O. The predicted molar refractivity (Wildman–Crippen MR) is 122 cm³/mol. The Bertz CT molecular complexity index is 993. The average Bonchev–Trinajstić information content (AvgIpc) is 3.29. The topological polar surface area (TPSA) is 118 Å². The fraction of sp³-hybridized carbons (Fsp3) is 0.522. The molecule has 8 nitrogen and oxygen atoms in total. The number of hydrogen-bond acceptors (Lipinski definition) is 4. The lowest BCUT2D eigenvalue weighted by Crippen LogP contribution is -2.87. The standard InChI is InChI=1S/C23H33N5O3/c1-3-4-14-27-21(24)20(22(30)26-23(27)31)28(18-12-8-9-13-18)19(29)15-25-16(2)17-10-6-5-7-11-17/h5-7,10-11,16,18,25H,3-4,8-9,12-15,24H2,1-2H3,(H,26,30,31)/p+1/t16-/m0/s1. The summed E-state index contributed by atoms with van der Waals surface area (Å²) < 4.78 is 1.38. The molecule has 0 aliphatic heterocycles. The van der Waals surface area contributed by atoms with E-state index in [1.54, 1.807) is 4.90 Å². The third kappa shape index (κ3) is 5.25. The zero-order valence-corrected chi connectivity index (χ0v) is 18.5. The summed E-state index contributed by atoms with van der Waals surface area (Å²) in [6.45, 7) is 4.68. The molecule has 168 valence electrons. The molecule has 0 radical (unpaired) electrons. The summed E-state index contributed by atoms with van der Waals surface area (Å²) in [6, 6.07) is 10.0. The van der Waals surface area contributed by atoms with E-state index in [0.29, 0.717) is 6.54 Å². The Kier molecular flexibility index (Phi) is 7.68. The number of rotatable bonds is 9. The lowest BCUT2D eigenvalue weighted by Gasteiger charge is -2.29. The van der Waals surface area contributed by atoms with Crippen LogP contribution < -0.4 is 27.2 Å². The number of benzene rings is 1. The third-order valence-corrected chi connectivity index (χ3v) is 6.12. The minimum absolute atomic E-state index is 0.0755. The van der Waals surface area contributed by atoms with Gasteiger partial charge in [-0.3, -0.25) is 24.0 Å². The van der Waals surface area contributed by atoms with Gasteiger partial charge in [0.25, 0.3) is 11.5 Å². The number of quaternary nitrogens is 1. The van der Waals surface area contributed by atoms with Crippen LogP contribution in [0.4, 0.5) is 11.5 Å². The molecule has 0 saturated heterocycles. The largest absolute Gasteiger partial charge is 0.383 e. The highest BCUT2D eigenvalue weighted by Crippen LogP contribution is 2.29. The number of unbranched alkanes of at least 4 members (excludes halogenated alkanes) is 1. The first-order chi connectivity index (χ1) is 14.9. The molecule has 0 spiro atoms. The first kappa shape index (κ1) is 22.8. The summed E-state index contributed by atoms with van der Waals surface area (Å²) in [4.78, 5) is 42.4. The molecule has 1 amide bonds. The van der Waals surface area contributed by atoms with Gasteiger partial charge in [0.05, 0.1) is 0 Å². The van der Waals surface area contributed by atoms with E-state index >= 15 is 0 Å². The highest BCUT2D eigenvalue weighted by atomic mass is 16.2. The van der Waals surface area contributed by atoms with Gasteiger partial charge in [-0.15, -0.1) is 0 Å². The fourth-order valence-electron chi connectivity index (χ4n) is 4.29.